The molecule has 6 heteroatoms. The van der Waals surface area contributed by atoms with Gasteiger partial charge in [-0.15, -0.1) is 0 Å². The highest BCUT2D eigenvalue weighted by Crippen LogP contribution is 2.16. The smallest absolute Gasteiger partial charge is 0.255 e. The van der Waals surface area contributed by atoms with E-state index in [4.69, 9.17) is 0 Å². The molecule has 1 amide bonds. The van der Waals surface area contributed by atoms with Crippen molar-refractivity contribution in [1.29, 1.82) is 0 Å². The number of carbonyl (C=O) groups is 1. The molecule has 5 nitrogen and oxygen atoms in total. The summed E-state index contributed by atoms with van der Waals surface area (Å²) in [6.07, 6.45) is 6.67. The van der Waals surface area contributed by atoms with Crippen LogP contribution >= 0.6 is 0 Å². The van der Waals surface area contributed by atoms with Crippen molar-refractivity contribution >= 4 is 33.6 Å². The molecule has 2 aromatic carbocycles. The van der Waals surface area contributed by atoms with Crippen LogP contribution in [0, 0.1) is 0 Å². The van der Waals surface area contributed by atoms with Crippen molar-refractivity contribution in [1.82, 2.24) is 4.98 Å². The minimum atomic E-state index is -3.28. The van der Waals surface area contributed by atoms with Crippen molar-refractivity contribution < 1.29 is 13.2 Å². The third-order valence-electron chi connectivity index (χ3n) is 3.82. The molecule has 3 aromatic rings. The molecule has 0 bridgehead atoms. The van der Waals surface area contributed by atoms with Crippen LogP contribution in [0.25, 0.3) is 12.2 Å². The lowest BCUT2D eigenvalue weighted by Gasteiger charge is -2.07. The van der Waals surface area contributed by atoms with Crippen molar-refractivity contribution in [3.8, 4) is 0 Å². The van der Waals surface area contributed by atoms with E-state index in [0.717, 1.165) is 17.5 Å². The number of anilines is 1. The number of benzene rings is 2. The number of sulfone groups is 1. The first kappa shape index (κ1) is 18.5. The highest BCUT2D eigenvalue weighted by Gasteiger charge is 2.10. The molecular weight excluding hydrogens is 360 g/mol. The van der Waals surface area contributed by atoms with Crippen LogP contribution in [-0.2, 0) is 9.84 Å². The van der Waals surface area contributed by atoms with Crippen molar-refractivity contribution in [2.75, 3.05) is 11.6 Å². The SMILES string of the molecule is CS(=O)(=O)c1ccc(C(=O)Nc2cccc(C=Cc3ccccn3)c2)cc1. The average Bonchev–Trinajstić information content (AvgIpc) is 2.67. The number of nitrogens with zero attached hydrogens (tertiary/aromatic N) is 1. The molecule has 0 aliphatic heterocycles. The summed E-state index contributed by atoms with van der Waals surface area (Å²) in [6.45, 7) is 0. The second kappa shape index (κ2) is 7.97. The van der Waals surface area contributed by atoms with E-state index in [9.17, 15) is 13.2 Å². The number of nitrogens with one attached hydrogen (secondary N) is 1. The number of hydrogen-bond acceptors (Lipinski definition) is 4. The van der Waals surface area contributed by atoms with Crippen LogP contribution in [0.4, 0.5) is 5.69 Å². The maximum absolute atomic E-state index is 12.4. The summed E-state index contributed by atoms with van der Waals surface area (Å²) in [7, 11) is -3.28. The zero-order valence-electron chi connectivity index (χ0n) is 14.7. The number of rotatable bonds is 5. The fourth-order valence-corrected chi connectivity index (χ4v) is 3.06. The first-order valence-electron chi connectivity index (χ1n) is 8.22. The summed E-state index contributed by atoms with van der Waals surface area (Å²) in [6, 6.07) is 18.9. The first-order chi connectivity index (χ1) is 12.9. The lowest BCUT2D eigenvalue weighted by atomic mass is 10.1. The molecule has 136 valence electrons. The van der Waals surface area contributed by atoms with Crippen LogP contribution < -0.4 is 5.32 Å². The Morgan fingerprint density at radius 2 is 1.74 bits per heavy atom. The minimum Gasteiger partial charge on any atom is -0.322 e. The molecule has 1 aromatic heterocycles. The summed E-state index contributed by atoms with van der Waals surface area (Å²) in [4.78, 5) is 16.8. The summed E-state index contributed by atoms with van der Waals surface area (Å²) in [5.41, 5.74) is 2.80. The van der Waals surface area contributed by atoms with Gasteiger partial charge in [-0.2, -0.15) is 0 Å². The summed E-state index contributed by atoms with van der Waals surface area (Å²) >= 11 is 0. The molecule has 0 unspecified atom stereocenters. The summed E-state index contributed by atoms with van der Waals surface area (Å²) in [5.74, 6) is -0.305. The lowest BCUT2D eigenvalue weighted by Crippen LogP contribution is -2.12. The van der Waals surface area contributed by atoms with Crippen LogP contribution in [0.5, 0.6) is 0 Å². The molecule has 0 radical (unpaired) electrons. The van der Waals surface area contributed by atoms with Gasteiger partial charge in [-0.1, -0.05) is 24.3 Å². The molecule has 0 spiro atoms. The van der Waals surface area contributed by atoms with E-state index >= 15 is 0 Å². The second-order valence-electron chi connectivity index (χ2n) is 5.96. The van der Waals surface area contributed by atoms with Gasteiger partial charge in [0.25, 0.3) is 5.91 Å². The quantitative estimate of drug-likeness (QED) is 0.730. The maximum Gasteiger partial charge on any atom is 0.255 e. The molecule has 0 saturated carbocycles. The van der Waals surface area contributed by atoms with E-state index in [1.165, 1.54) is 24.3 Å². The van der Waals surface area contributed by atoms with Crippen LogP contribution in [0.3, 0.4) is 0 Å². The Morgan fingerprint density at radius 1 is 0.963 bits per heavy atom. The zero-order valence-corrected chi connectivity index (χ0v) is 15.5. The molecule has 0 saturated heterocycles. The highest BCUT2D eigenvalue weighted by molar-refractivity contribution is 7.90. The molecular formula is C21H18N2O3S. The van der Waals surface area contributed by atoms with Crippen molar-refractivity contribution in [2.24, 2.45) is 0 Å². The van der Waals surface area contributed by atoms with Gasteiger partial charge in [0.05, 0.1) is 10.6 Å². The van der Waals surface area contributed by atoms with Gasteiger partial charge in [-0.3, -0.25) is 9.78 Å². The largest absolute Gasteiger partial charge is 0.322 e. The molecule has 0 fully saturated rings. The monoisotopic (exact) mass is 378 g/mol. The summed E-state index contributed by atoms with van der Waals surface area (Å²) in [5, 5.41) is 2.82. The van der Waals surface area contributed by atoms with Gasteiger partial charge in [-0.05, 0) is 60.2 Å². The second-order valence-corrected chi connectivity index (χ2v) is 7.98. The maximum atomic E-state index is 12.4. The Balaban J connectivity index is 1.72. The Bertz CT molecular complexity index is 1070. The number of carbonyl (C=O) groups excluding carboxylic acids is 1. The first-order valence-corrected chi connectivity index (χ1v) is 10.1. The van der Waals surface area contributed by atoms with Crippen LogP contribution in [0.2, 0.25) is 0 Å². The van der Waals surface area contributed by atoms with Gasteiger partial charge in [0.2, 0.25) is 0 Å². The van der Waals surface area contributed by atoms with Crippen molar-refractivity contribution in [3.05, 3.63) is 89.7 Å². The summed E-state index contributed by atoms with van der Waals surface area (Å²) < 4.78 is 23.0. The third kappa shape index (κ3) is 5.12. The number of hydrogen-bond donors (Lipinski definition) is 1. The van der Waals surface area contributed by atoms with Crippen LogP contribution in [0.1, 0.15) is 21.6 Å². The Hall–Kier alpha value is -3.25. The number of amides is 1. The fourth-order valence-electron chi connectivity index (χ4n) is 2.43. The van der Waals surface area contributed by atoms with E-state index in [-0.39, 0.29) is 10.8 Å². The molecule has 0 aliphatic carbocycles. The fraction of sp³-hybridized carbons (Fsp3) is 0.0476. The van der Waals surface area contributed by atoms with E-state index in [1.54, 1.807) is 12.3 Å². The predicted octanol–water partition coefficient (Wildman–Crippen LogP) is 3.91. The zero-order chi connectivity index (χ0) is 19.3. The standard InChI is InChI=1S/C21H18N2O3S/c1-27(25,26)20-12-9-17(10-13-20)21(24)23-19-7-4-5-16(15-19)8-11-18-6-2-3-14-22-18/h2-15H,1H3,(H,23,24). The van der Waals surface area contributed by atoms with Crippen LogP contribution in [-0.4, -0.2) is 25.6 Å². The van der Waals surface area contributed by atoms with Crippen LogP contribution in [0.15, 0.2) is 77.8 Å². The van der Waals surface area contributed by atoms with Gasteiger partial charge in [0.15, 0.2) is 9.84 Å². The third-order valence-corrected chi connectivity index (χ3v) is 4.95. The van der Waals surface area contributed by atoms with Gasteiger partial charge in [0.1, 0.15) is 0 Å². The van der Waals surface area contributed by atoms with Gasteiger partial charge >= 0.3 is 0 Å². The Kier molecular flexibility index (Phi) is 5.47. The van der Waals surface area contributed by atoms with E-state index in [1.807, 2.05) is 48.6 Å². The van der Waals surface area contributed by atoms with E-state index in [2.05, 4.69) is 10.3 Å². The molecule has 27 heavy (non-hydrogen) atoms. The van der Waals surface area contributed by atoms with Gasteiger partial charge in [-0.25, -0.2) is 8.42 Å². The molecule has 3 rings (SSSR count). The van der Waals surface area contributed by atoms with Gasteiger partial charge < -0.3 is 5.32 Å². The molecule has 1 heterocycles. The van der Waals surface area contributed by atoms with E-state index < -0.39 is 9.84 Å². The Labute approximate surface area is 158 Å². The Morgan fingerprint density at radius 3 is 2.41 bits per heavy atom. The predicted molar refractivity (Wildman–Crippen MR) is 107 cm³/mol. The van der Waals surface area contributed by atoms with Gasteiger partial charge in [0, 0.05) is 23.7 Å². The normalized spacial score (nSPS) is 11.4. The number of aromatic nitrogens is 1. The molecule has 0 atom stereocenters. The highest BCUT2D eigenvalue weighted by atomic mass is 32.2. The topological polar surface area (TPSA) is 76.1 Å². The van der Waals surface area contributed by atoms with Crippen molar-refractivity contribution in [2.45, 2.75) is 4.90 Å². The minimum absolute atomic E-state index is 0.181. The average molecular weight is 378 g/mol. The molecule has 0 aliphatic rings. The molecule has 1 N–H and O–H groups in total. The van der Waals surface area contributed by atoms with E-state index in [0.29, 0.717) is 11.3 Å². The van der Waals surface area contributed by atoms with Crippen molar-refractivity contribution in [3.63, 3.8) is 0 Å². The number of pyridine rings is 1. The lowest BCUT2D eigenvalue weighted by molar-refractivity contribution is 0.102.